The fraction of sp³-hybridized carbons (Fsp3) is 0.455. The van der Waals surface area contributed by atoms with Gasteiger partial charge in [0.05, 0.1) is 11.3 Å². The van der Waals surface area contributed by atoms with Gasteiger partial charge < -0.3 is 0 Å². The van der Waals surface area contributed by atoms with E-state index in [0.717, 1.165) is 19.1 Å². The molecule has 0 aliphatic heterocycles. The fourth-order valence-corrected chi connectivity index (χ4v) is 3.58. The van der Waals surface area contributed by atoms with E-state index in [0.29, 0.717) is 0 Å². The molecule has 1 rings (SSSR count). The molecule has 22 heavy (non-hydrogen) atoms. The summed E-state index contributed by atoms with van der Waals surface area (Å²) < 4.78 is 102. The first kappa shape index (κ1) is 19.1. The van der Waals surface area contributed by atoms with Gasteiger partial charge in [0.1, 0.15) is 0 Å². The molecule has 0 saturated heterocycles. The summed E-state index contributed by atoms with van der Waals surface area (Å²) in [5.74, 6) is -1.63. The van der Waals surface area contributed by atoms with Crippen LogP contribution in [0.3, 0.4) is 0 Å². The molecule has 0 fully saturated rings. The molecule has 3 nitrogen and oxygen atoms in total. The first-order valence-electron chi connectivity index (χ1n) is 5.76. The first-order chi connectivity index (χ1) is 9.91. The number of nitrogens with one attached hydrogen (secondary N) is 1. The molecule has 0 bridgehead atoms. The van der Waals surface area contributed by atoms with E-state index in [1.165, 1.54) is 4.72 Å². The highest BCUT2D eigenvalue weighted by molar-refractivity contribution is 9.10. The quantitative estimate of drug-likeness (QED) is 0.716. The molecule has 0 aliphatic rings. The zero-order chi connectivity index (χ0) is 17.3. The highest BCUT2D eigenvalue weighted by Gasteiger charge is 2.47. The molecule has 0 amide bonds. The topological polar surface area (TPSA) is 46.2 Å². The number of halogens is 7. The Morgan fingerprint density at radius 1 is 1.27 bits per heavy atom. The minimum Gasteiger partial charge on any atom is -0.280 e. The van der Waals surface area contributed by atoms with Crippen molar-refractivity contribution in [2.24, 2.45) is 0 Å². The molecular formula is C11H10BrF6NO2S. The fourth-order valence-electron chi connectivity index (χ4n) is 1.70. The van der Waals surface area contributed by atoms with Gasteiger partial charge in [-0.25, -0.2) is 21.6 Å². The third-order valence-electron chi connectivity index (χ3n) is 2.71. The molecule has 126 valence electrons. The number of sulfonamides is 1. The monoisotopic (exact) mass is 413 g/mol. The van der Waals surface area contributed by atoms with Crippen LogP contribution in [0.4, 0.5) is 32.0 Å². The second-order valence-electron chi connectivity index (χ2n) is 4.21. The van der Waals surface area contributed by atoms with Crippen molar-refractivity contribution in [1.82, 2.24) is 0 Å². The van der Waals surface area contributed by atoms with Gasteiger partial charge in [-0.15, -0.1) is 0 Å². The lowest BCUT2D eigenvalue weighted by molar-refractivity contribution is -0.130. The van der Waals surface area contributed by atoms with Gasteiger partial charge in [0.25, 0.3) is 6.43 Å². The van der Waals surface area contributed by atoms with Gasteiger partial charge in [0.2, 0.25) is 10.0 Å². The number of hydrogen-bond acceptors (Lipinski definition) is 2. The van der Waals surface area contributed by atoms with Crippen molar-refractivity contribution < 1.29 is 34.8 Å². The van der Waals surface area contributed by atoms with Crippen LogP contribution in [0.2, 0.25) is 0 Å². The van der Waals surface area contributed by atoms with E-state index in [9.17, 15) is 34.8 Å². The van der Waals surface area contributed by atoms with Crippen LogP contribution in [-0.2, 0) is 10.0 Å². The predicted octanol–water partition coefficient (Wildman–Crippen LogP) is 4.61. The molecule has 1 atom stereocenters. The summed E-state index contributed by atoms with van der Waals surface area (Å²) in [5.41, 5.74) is -2.11. The van der Waals surface area contributed by atoms with Crippen LogP contribution >= 0.6 is 15.9 Å². The van der Waals surface area contributed by atoms with Crippen LogP contribution in [0.25, 0.3) is 0 Å². The summed E-state index contributed by atoms with van der Waals surface area (Å²) in [6.45, 7) is 0.986. The Labute approximate surface area is 130 Å². The number of alkyl halides is 5. The molecule has 0 unspecified atom stereocenters. The molecule has 0 radical (unpaired) electrons. The third-order valence-corrected chi connectivity index (χ3v) is 5.25. The SMILES string of the molecule is CC[C@@H](C(F)(F)F)S(=O)(=O)Nc1ccc(Br)c(C(F)F)c1F. The van der Waals surface area contributed by atoms with Gasteiger partial charge in [0, 0.05) is 4.47 Å². The molecule has 0 saturated carbocycles. The lowest BCUT2D eigenvalue weighted by Gasteiger charge is -2.20. The normalized spacial score (nSPS) is 14.2. The summed E-state index contributed by atoms with van der Waals surface area (Å²) in [5, 5.41) is -2.78. The average Bonchev–Trinajstić information content (AvgIpc) is 2.30. The van der Waals surface area contributed by atoms with Crippen molar-refractivity contribution in [3.05, 3.63) is 28.0 Å². The van der Waals surface area contributed by atoms with E-state index >= 15 is 0 Å². The van der Waals surface area contributed by atoms with Gasteiger partial charge in [-0.2, -0.15) is 13.2 Å². The van der Waals surface area contributed by atoms with Crippen molar-refractivity contribution >= 4 is 31.6 Å². The molecular weight excluding hydrogens is 404 g/mol. The smallest absolute Gasteiger partial charge is 0.280 e. The minimum absolute atomic E-state index is 0.328. The molecule has 0 heterocycles. The van der Waals surface area contributed by atoms with Crippen molar-refractivity contribution in [3.8, 4) is 0 Å². The Bertz CT molecular complexity index is 647. The summed E-state index contributed by atoms with van der Waals surface area (Å²) in [6, 6.07) is 1.67. The summed E-state index contributed by atoms with van der Waals surface area (Å²) >= 11 is 2.66. The molecule has 0 aliphatic carbocycles. The van der Waals surface area contributed by atoms with E-state index in [1.807, 2.05) is 0 Å². The summed E-state index contributed by atoms with van der Waals surface area (Å²) in [7, 11) is -5.04. The van der Waals surface area contributed by atoms with E-state index in [1.54, 1.807) is 0 Å². The number of anilines is 1. The van der Waals surface area contributed by atoms with Crippen LogP contribution in [0.1, 0.15) is 25.3 Å². The van der Waals surface area contributed by atoms with Gasteiger partial charge in [-0.3, -0.25) is 4.72 Å². The van der Waals surface area contributed by atoms with Crippen LogP contribution in [0, 0.1) is 5.82 Å². The third kappa shape index (κ3) is 4.06. The van der Waals surface area contributed by atoms with Gasteiger partial charge in [-0.05, 0) is 18.6 Å². The lowest BCUT2D eigenvalue weighted by atomic mass is 10.2. The first-order valence-corrected chi connectivity index (χ1v) is 8.10. The van der Waals surface area contributed by atoms with Crippen molar-refractivity contribution in [2.45, 2.75) is 31.2 Å². The van der Waals surface area contributed by atoms with Crippen molar-refractivity contribution in [2.75, 3.05) is 4.72 Å². The number of rotatable bonds is 5. The Kier molecular flexibility index (Phi) is 5.77. The highest BCUT2D eigenvalue weighted by Crippen LogP contribution is 2.35. The van der Waals surface area contributed by atoms with Gasteiger partial charge in [0.15, 0.2) is 11.1 Å². The number of benzene rings is 1. The second kappa shape index (κ2) is 6.65. The van der Waals surface area contributed by atoms with Crippen LogP contribution < -0.4 is 4.72 Å². The van der Waals surface area contributed by atoms with E-state index < -0.39 is 51.4 Å². The highest BCUT2D eigenvalue weighted by atomic mass is 79.9. The van der Waals surface area contributed by atoms with Crippen LogP contribution in [-0.4, -0.2) is 19.8 Å². The Morgan fingerprint density at radius 2 is 1.82 bits per heavy atom. The zero-order valence-corrected chi connectivity index (χ0v) is 13.3. The maximum atomic E-state index is 13.9. The Morgan fingerprint density at radius 3 is 2.23 bits per heavy atom. The zero-order valence-electron chi connectivity index (χ0n) is 10.9. The van der Waals surface area contributed by atoms with E-state index in [4.69, 9.17) is 0 Å². The average molecular weight is 414 g/mol. The van der Waals surface area contributed by atoms with E-state index in [-0.39, 0.29) is 4.47 Å². The van der Waals surface area contributed by atoms with Crippen LogP contribution in [0.15, 0.2) is 16.6 Å². The molecule has 1 N–H and O–H groups in total. The minimum atomic E-state index is -5.07. The second-order valence-corrected chi connectivity index (χ2v) is 6.93. The Hall–Kier alpha value is -0.970. The maximum Gasteiger partial charge on any atom is 0.407 e. The molecule has 0 spiro atoms. The molecule has 1 aromatic rings. The van der Waals surface area contributed by atoms with Crippen LogP contribution in [0.5, 0.6) is 0 Å². The lowest BCUT2D eigenvalue weighted by Crippen LogP contribution is -2.39. The molecule has 1 aromatic carbocycles. The predicted molar refractivity (Wildman–Crippen MR) is 71.7 cm³/mol. The summed E-state index contributed by atoms with van der Waals surface area (Å²) in [6.07, 6.45) is -9.15. The largest absolute Gasteiger partial charge is 0.407 e. The number of hydrogen-bond donors (Lipinski definition) is 1. The van der Waals surface area contributed by atoms with E-state index in [2.05, 4.69) is 15.9 Å². The molecule has 0 aromatic heterocycles. The maximum absolute atomic E-state index is 13.9. The van der Waals surface area contributed by atoms with Gasteiger partial charge >= 0.3 is 6.18 Å². The van der Waals surface area contributed by atoms with Crippen molar-refractivity contribution in [1.29, 1.82) is 0 Å². The Balaban J connectivity index is 3.28. The standard InChI is InChI=1S/C11H10BrF6NO2S/c1-2-7(11(16,17)18)22(20,21)19-6-4-3-5(12)8(9(6)13)10(14)15/h3-4,7,10,19H,2H2,1H3/t7-/m0/s1. The van der Waals surface area contributed by atoms with Crippen molar-refractivity contribution in [3.63, 3.8) is 0 Å². The van der Waals surface area contributed by atoms with Gasteiger partial charge in [-0.1, -0.05) is 22.9 Å². The summed E-state index contributed by atoms with van der Waals surface area (Å²) in [4.78, 5) is 0. The molecule has 11 heteroatoms.